The van der Waals surface area contributed by atoms with E-state index in [0.29, 0.717) is 5.92 Å². The molecule has 0 N–H and O–H groups in total. The van der Waals surface area contributed by atoms with Gasteiger partial charge in [-0.15, -0.1) is 0 Å². The van der Waals surface area contributed by atoms with Crippen molar-refractivity contribution in [3.05, 3.63) is 0 Å². The summed E-state index contributed by atoms with van der Waals surface area (Å²) < 4.78 is 4.91. The summed E-state index contributed by atoms with van der Waals surface area (Å²) in [6, 6.07) is 0. The van der Waals surface area contributed by atoms with E-state index in [1.165, 1.54) is 0 Å². The van der Waals surface area contributed by atoms with Crippen molar-refractivity contribution >= 4 is 17.4 Å². The molecule has 1 saturated heterocycles. The Kier molecular flexibility index (Phi) is 2.15. The lowest BCUT2D eigenvalue weighted by Crippen LogP contribution is -2.29. The highest BCUT2D eigenvalue weighted by Crippen LogP contribution is 2.08. The Morgan fingerprint density at radius 1 is 1.75 bits per heavy atom. The SMILES string of the molecule is S=C=NCC1COC1. The second-order valence-corrected chi connectivity index (χ2v) is 2.02. The molecule has 8 heavy (non-hydrogen) atoms. The summed E-state index contributed by atoms with van der Waals surface area (Å²) in [6.45, 7) is 2.49. The summed E-state index contributed by atoms with van der Waals surface area (Å²) in [5.74, 6) is 0.616. The van der Waals surface area contributed by atoms with E-state index in [9.17, 15) is 0 Å². The van der Waals surface area contributed by atoms with E-state index in [1.807, 2.05) is 0 Å². The second kappa shape index (κ2) is 2.92. The first-order valence-corrected chi connectivity index (χ1v) is 2.95. The Balaban J connectivity index is 2.09. The fourth-order valence-corrected chi connectivity index (χ4v) is 0.631. The molecule has 0 radical (unpaired) electrons. The van der Waals surface area contributed by atoms with Crippen LogP contribution in [-0.2, 0) is 4.74 Å². The maximum Gasteiger partial charge on any atom is 0.0585 e. The van der Waals surface area contributed by atoms with Gasteiger partial charge in [0.15, 0.2) is 0 Å². The van der Waals surface area contributed by atoms with Gasteiger partial charge in [0.05, 0.1) is 24.9 Å². The fraction of sp³-hybridized carbons (Fsp3) is 0.800. The molecule has 3 heteroatoms. The third-order valence-electron chi connectivity index (χ3n) is 1.12. The van der Waals surface area contributed by atoms with Gasteiger partial charge in [0, 0.05) is 5.92 Å². The van der Waals surface area contributed by atoms with Crippen LogP contribution < -0.4 is 0 Å². The van der Waals surface area contributed by atoms with Gasteiger partial charge in [-0.1, -0.05) is 0 Å². The normalized spacial score (nSPS) is 19.0. The number of ether oxygens (including phenoxy) is 1. The average Bonchev–Trinajstić information content (AvgIpc) is 1.63. The second-order valence-electron chi connectivity index (χ2n) is 1.84. The molecule has 0 spiro atoms. The number of rotatable bonds is 2. The van der Waals surface area contributed by atoms with E-state index >= 15 is 0 Å². The summed E-state index contributed by atoms with van der Waals surface area (Å²) in [7, 11) is 0. The molecule has 1 heterocycles. The number of thiocarbonyl (C=S) groups is 1. The van der Waals surface area contributed by atoms with Gasteiger partial charge >= 0.3 is 0 Å². The molecule has 1 aliphatic rings. The molecule has 44 valence electrons. The number of nitrogens with zero attached hydrogens (tertiary/aromatic N) is 1. The zero-order chi connectivity index (χ0) is 5.82. The Bertz CT molecular complexity index is 116. The summed E-state index contributed by atoms with van der Waals surface area (Å²) in [6.07, 6.45) is 0. The lowest BCUT2D eigenvalue weighted by atomic mass is 10.1. The van der Waals surface area contributed by atoms with Crippen molar-refractivity contribution in [3.63, 3.8) is 0 Å². The van der Waals surface area contributed by atoms with Crippen LogP contribution in [0.25, 0.3) is 0 Å². The molecular formula is C5H7NOS. The molecule has 0 aromatic heterocycles. The molecule has 0 bridgehead atoms. The van der Waals surface area contributed by atoms with E-state index in [4.69, 9.17) is 4.74 Å². The molecule has 1 rings (SSSR count). The fourth-order valence-electron chi connectivity index (χ4n) is 0.556. The van der Waals surface area contributed by atoms with E-state index in [1.54, 1.807) is 0 Å². The van der Waals surface area contributed by atoms with Gasteiger partial charge < -0.3 is 4.74 Å². The lowest BCUT2D eigenvalue weighted by Gasteiger charge is -2.23. The van der Waals surface area contributed by atoms with Crippen molar-refractivity contribution in [2.45, 2.75) is 0 Å². The maximum atomic E-state index is 4.91. The standard InChI is InChI=1S/C5H7NOS/c8-4-6-1-5-2-7-3-5/h5H,1-3H2. The monoisotopic (exact) mass is 129 g/mol. The molecule has 1 fully saturated rings. The summed E-state index contributed by atoms with van der Waals surface area (Å²) in [5.41, 5.74) is 0. The minimum absolute atomic E-state index is 0.616. The van der Waals surface area contributed by atoms with Crippen LogP contribution in [0.2, 0.25) is 0 Å². The number of aliphatic imine (C=N–C) groups is 1. The van der Waals surface area contributed by atoms with E-state index in [-0.39, 0.29) is 0 Å². The first kappa shape index (κ1) is 5.89. The smallest absolute Gasteiger partial charge is 0.0585 e. The van der Waals surface area contributed by atoms with Crippen LogP contribution in [0.5, 0.6) is 0 Å². The van der Waals surface area contributed by atoms with E-state index in [0.717, 1.165) is 19.8 Å². The molecule has 0 atom stereocenters. The van der Waals surface area contributed by atoms with Crippen molar-refractivity contribution in [1.29, 1.82) is 0 Å². The molecule has 1 aliphatic heterocycles. The third kappa shape index (κ3) is 1.37. The third-order valence-corrected chi connectivity index (χ3v) is 1.25. The van der Waals surface area contributed by atoms with Crippen LogP contribution in [-0.4, -0.2) is 24.9 Å². The Hall–Kier alpha value is -0.240. The quantitative estimate of drug-likeness (QED) is 0.405. The zero-order valence-corrected chi connectivity index (χ0v) is 5.28. The van der Waals surface area contributed by atoms with Crippen LogP contribution in [0, 0.1) is 5.92 Å². The molecule has 0 unspecified atom stereocenters. The van der Waals surface area contributed by atoms with Crippen molar-refractivity contribution in [2.24, 2.45) is 10.9 Å². The van der Waals surface area contributed by atoms with Crippen LogP contribution in [0.4, 0.5) is 0 Å². The highest BCUT2D eigenvalue weighted by atomic mass is 32.1. The first-order chi connectivity index (χ1) is 3.93. The predicted molar refractivity (Wildman–Crippen MR) is 34.2 cm³/mol. The molecule has 0 aliphatic carbocycles. The van der Waals surface area contributed by atoms with Crippen LogP contribution in [0.1, 0.15) is 0 Å². The topological polar surface area (TPSA) is 21.6 Å². The minimum atomic E-state index is 0.616. The maximum absolute atomic E-state index is 4.91. The summed E-state index contributed by atoms with van der Waals surface area (Å²) >= 11 is 4.38. The molecule has 0 aromatic rings. The minimum Gasteiger partial charge on any atom is -0.381 e. The van der Waals surface area contributed by atoms with Gasteiger partial charge in [0.2, 0.25) is 0 Å². The predicted octanol–water partition coefficient (Wildman–Crippen LogP) is 0.736. The summed E-state index contributed by atoms with van der Waals surface area (Å²) in [4.78, 5) is 3.78. The zero-order valence-electron chi connectivity index (χ0n) is 4.46. The van der Waals surface area contributed by atoms with E-state index in [2.05, 4.69) is 22.4 Å². The van der Waals surface area contributed by atoms with Gasteiger partial charge in [0.1, 0.15) is 0 Å². The van der Waals surface area contributed by atoms with Gasteiger partial charge in [-0.05, 0) is 12.2 Å². The highest BCUT2D eigenvalue weighted by molar-refractivity contribution is 7.78. The molecular weight excluding hydrogens is 122 g/mol. The Morgan fingerprint density at radius 3 is 2.88 bits per heavy atom. The Labute approximate surface area is 53.6 Å². The highest BCUT2D eigenvalue weighted by Gasteiger charge is 2.16. The number of isothiocyanates is 1. The van der Waals surface area contributed by atoms with Crippen LogP contribution in [0.3, 0.4) is 0 Å². The number of hydrogen-bond donors (Lipinski definition) is 0. The molecule has 0 amide bonds. The first-order valence-electron chi connectivity index (χ1n) is 2.55. The average molecular weight is 129 g/mol. The molecule has 0 aromatic carbocycles. The molecule has 2 nitrogen and oxygen atoms in total. The van der Waals surface area contributed by atoms with Gasteiger partial charge in [-0.25, -0.2) is 4.99 Å². The van der Waals surface area contributed by atoms with Crippen molar-refractivity contribution in [3.8, 4) is 0 Å². The lowest BCUT2D eigenvalue weighted by molar-refractivity contribution is -0.0264. The van der Waals surface area contributed by atoms with Crippen molar-refractivity contribution in [2.75, 3.05) is 19.8 Å². The van der Waals surface area contributed by atoms with Gasteiger partial charge in [-0.2, -0.15) is 0 Å². The van der Waals surface area contributed by atoms with Gasteiger partial charge in [0.25, 0.3) is 0 Å². The largest absolute Gasteiger partial charge is 0.381 e. The van der Waals surface area contributed by atoms with Crippen LogP contribution >= 0.6 is 12.2 Å². The number of hydrogen-bond acceptors (Lipinski definition) is 3. The van der Waals surface area contributed by atoms with Crippen LogP contribution in [0.15, 0.2) is 4.99 Å². The van der Waals surface area contributed by atoms with Gasteiger partial charge in [-0.3, -0.25) is 0 Å². The van der Waals surface area contributed by atoms with E-state index < -0.39 is 0 Å². The molecule has 0 saturated carbocycles. The summed E-state index contributed by atoms with van der Waals surface area (Å²) in [5, 5.41) is 2.32. The van der Waals surface area contributed by atoms with Crippen molar-refractivity contribution in [1.82, 2.24) is 0 Å². The van der Waals surface area contributed by atoms with Crippen molar-refractivity contribution < 1.29 is 4.74 Å². The Morgan fingerprint density at radius 2 is 2.50 bits per heavy atom.